The molecule has 9 heteroatoms. The lowest BCUT2D eigenvalue weighted by Crippen LogP contribution is -2.32. The molecule has 160 valence electrons. The quantitative estimate of drug-likeness (QED) is 0.616. The van der Waals surface area contributed by atoms with E-state index in [2.05, 4.69) is 14.7 Å². The van der Waals surface area contributed by atoms with Crippen molar-refractivity contribution in [3.63, 3.8) is 0 Å². The van der Waals surface area contributed by atoms with Crippen molar-refractivity contribution in [2.75, 3.05) is 13.2 Å². The van der Waals surface area contributed by atoms with Gasteiger partial charge in [-0.05, 0) is 53.9 Å². The molecule has 0 saturated carbocycles. The molecular weight excluding hydrogens is 411 g/mol. The fourth-order valence-electron chi connectivity index (χ4n) is 3.42. The standard InChI is InChI=1S/C22H18F3N3O3/c1-14-11-16(31-22(23,24)25)4-5-17(14)15-3-6-19-18(12-15)21(29)28(9-10-30-19)13-20-26-7-2-8-27-20/h2-8,11-12H,9-10,13H2,1H3. The largest absolute Gasteiger partial charge is 0.573 e. The molecular formula is C22H18F3N3O3. The predicted molar refractivity (Wildman–Crippen MR) is 106 cm³/mol. The number of halogens is 3. The third kappa shape index (κ3) is 4.76. The van der Waals surface area contributed by atoms with Crippen LogP contribution in [0, 0.1) is 6.92 Å². The monoisotopic (exact) mass is 429 g/mol. The van der Waals surface area contributed by atoms with E-state index in [0.717, 1.165) is 0 Å². The maximum absolute atomic E-state index is 13.2. The van der Waals surface area contributed by atoms with Gasteiger partial charge in [0.15, 0.2) is 0 Å². The fraction of sp³-hybridized carbons (Fsp3) is 0.227. The van der Waals surface area contributed by atoms with Crippen molar-refractivity contribution in [3.8, 4) is 22.6 Å². The molecule has 0 N–H and O–H groups in total. The van der Waals surface area contributed by atoms with Crippen LogP contribution >= 0.6 is 0 Å². The second-order valence-electron chi connectivity index (χ2n) is 6.98. The third-order valence-corrected chi connectivity index (χ3v) is 4.81. The van der Waals surface area contributed by atoms with Gasteiger partial charge in [-0.2, -0.15) is 0 Å². The Morgan fingerprint density at radius 2 is 1.87 bits per heavy atom. The molecule has 6 nitrogen and oxygen atoms in total. The smallest absolute Gasteiger partial charge is 0.491 e. The first-order valence-electron chi connectivity index (χ1n) is 9.49. The SMILES string of the molecule is Cc1cc(OC(F)(F)F)ccc1-c1ccc2c(c1)C(=O)N(Cc1ncccn1)CCO2. The summed E-state index contributed by atoms with van der Waals surface area (Å²) in [4.78, 5) is 23.1. The number of amides is 1. The Labute approximate surface area is 176 Å². The Kier molecular flexibility index (Phi) is 5.50. The van der Waals surface area contributed by atoms with E-state index in [1.807, 2.05) is 0 Å². The van der Waals surface area contributed by atoms with Gasteiger partial charge in [0.1, 0.15) is 23.9 Å². The van der Waals surface area contributed by atoms with Gasteiger partial charge in [-0.15, -0.1) is 13.2 Å². The minimum atomic E-state index is -4.76. The van der Waals surface area contributed by atoms with Gasteiger partial charge >= 0.3 is 6.36 Å². The molecule has 0 saturated heterocycles. The lowest BCUT2D eigenvalue weighted by atomic mass is 9.98. The first kappa shape index (κ1) is 20.6. The summed E-state index contributed by atoms with van der Waals surface area (Å²) in [6.45, 7) is 2.63. The van der Waals surface area contributed by atoms with Crippen molar-refractivity contribution >= 4 is 5.91 Å². The summed E-state index contributed by atoms with van der Waals surface area (Å²) in [5.41, 5.74) is 2.33. The zero-order valence-corrected chi connectivity index (χ0v) is 16.5. The number of hydrogen-bond acceptors (Lipinski definition) is 5. The van der Waals surface area contributed by atoms with Crippen LogP contribution in [0.15, 0.2) is 54.9 Å². The van der Waals surface area contributed by atoms with E-state index in [1.165, 1.54) is 18.2 Å². The highest BCUT2D eigenvalue weighted by Crippen LogP contribution is 2.33. The molecule has 1 amide bonds. The van der Waals surface area contributed by atoms with Gasteiger partial charge in [0, 0.05) is 12.4 Å². The van der Waals surface area contributed by atoms with Gasteiger partial charge in [-0.25, -0.2) is 9.97 Å². The number of alkyl halides is 3. The van der Waals surface area contributed by atoms with Crippen LogP contribution in [0.3, 0.4) is 0 Å². The molecule has 0 unspecified atom stereocenters. The van der Waals surface area contributed by atoms with Crippen LogP contribution in [0.2, 0.25) is 0 Å². The van der Waals surface area contributed by atoms with Crippen LogP contribution in [-0.4, -0.2) is 40.3 Å². The second-order valence-corrected chi connectivity index (χ2v) is 6.98. The van der Waals surface area contributed by atoms with Crippen molar-refractivity contribution < 1.29 is 27.4 Å². The van der Waals surface area contributed by atoms with E-state index in [0.29, 0.717) is 47.0 Å². The highest BCUT2D eigenvalue weighted by Gasteiger charge is 2.31. The zero-order chi connectivity index (χ0) is 22.0. The van der Waals surface area contributed by atoms with Crippen LogP contribution in [0.4, 0.5) is 13.2 Å². The number of rotatable bonds is 4. The number of ether oxygens (including phenoxy) is 2. The van der Waals surface area contributed by atoms with Gasteiger partial charge in [0.25, 0.3) is 5.91 Å². The molecule has 4 rings (SSSR count). The summed E-state index contributed by atoms with van der Waals surface area (Å²) in [6.07, 6.45) is -1.53. The average molecular weight is 429 g/mol. The molecule has 3 aromatic rings. The van der Waals surface area contributed by atoms with Crippen LogP contribution in [0.25, 0.3) is 11.1 Å². The Balaban J connectivity index is 1.63. The lowest BCUT2D eigenvalue weighted by molar-refractivity contribution is -0.274. The third-order valence-electron chi connectivity index (χ3n) is 4.81. The first-order valence-corrected chi connectivity index (χ1v) is 9.49. The van der Waals surface area contributed by atoms with Crippen LogP contribution in [-0.2, 0) is 6.54 Å². The Morgan fingerprint density at radius 3 is 2.58 bits per heavy atom. The van der Waals surface area contributed by atoms with Crippen molar-refractivity contribution in [3.05, 3.63) is 71.8 Å². The summed E-state index contributed by atoms with van der Waals surface area (Å²) in [6, 6.07) is 11.0. The number of benzene rings is 2. The van der Waals surface area contributed by atoms with E-state index in [4.69, 9.17) is 4.74 Å². The van der Waals surface area contributed by atoms with Gasteiger partial charge in [-0.3, -0.25) is 4.79 Å². The fourth-order valence-corrected chi connectivity index (χ4v) is 3.42. The van der Waals surface area contributed by atoms with E-state index in [1.54, 1.807) is 48.5 Å². The maximum atomic E-state index is 13.2. The van der Waals surface area contributed by atoms with Gasteiger partial charge in [0.2, 0.25) is 0 Å². The normalized spacial score (nSPS) is 13.9. The topological polar surface area (TPSA) is 64.5 Å². The number of aryl methyl sites for hydroxylation is 1. The molecule has 0 atom stereocenters. The highest BCUT2D eigenvalue weighted by atomic mass is 19.4. The second kappa shape index (κ2) is 8.25. The molecule has 2 aromatic carbocycles. The first-order chi connectivity index (χ1) is 14.8. The van der Waals surface area contributed by atoms with E-state index in [-0.39, 0.29) is 18.2 Å². The molecule has 0 bridgehead atoms. The molecule has 0 spiro atoms. The number of fused-ring (bicyclic) bond motifs is 1. The summed E-state index contributed by atoms with van der Waals surface area (Å²) in [5.74, 6) is 0.458. The van der Waals surface area contributed by atoms with Crippen LogP contribution < -0.4 is 9.47 Å². The molecule has 0 fully saturated rings. The van der Waals surface area contributed by atoms with E-state index in [9.17, 15) is 18.0 Å². The number of carbonyl (C=O) groups excluding carboxylic acids is 1. The van der Waals surface area contributed by atoms with Crippen LogP contribution in [0.5, 0.6) is 11.5 Å². The Bertz CT molecular complexity index is 1100. The molecule has 0 radical (unpaired) electrons. The average Bonchev–Trinajstić information content (AvgIpc) is 2.87. The molecule has 2 heterocycles. The van der Waals surface area contributed by atoms with Gasteiger partial charge in [0.05, 0.1) is 18.7 Å². The summed E-state index contributed by atoms with van der Waals surface area (Å²) in [5, 5.41) is 0. The van der Waals surface area contributed by atoms with Gasteiger partial charge < -0.3 is 14.4 Å². The minimum Gasteiger partial charge on any atom is -0.491 e. The highest BCUT2D eigenvalue weighted by molar-refractivity contribution is 5.98. The molecule has 1 aliphatic heterocycles. The Hall–Kier alpha value is -3.62. The van der Waals surface area contributed by atoms with E-state index >= 15 is 0 Å². The molecule has 0 aliphatic carbocycles. The minimum absolute atomic E-state index is 0.225. The summed E-state index contributed by atoms with van der Waals surface area (Å²) < 4.78 is 47.1. The van der Waals surface area contributed by atoms with Crippen molar-refractivity contribution in [1.82, 2.24) is 14.9 Å². The number of aromatic nitrogens is 2. The molecule has 1 aliphatic rings. The maximum Gasteiger partial charge on any atom is 0.573 e. The van der Waals surface area contributed by atoms with E-state index < -0.39 is 6.36 Å². The van der Waals surface area contributed by atoms with Crippen LogP contribution in [0.1, 0.15) is 21.7 Å². The zero-order valence-electron chi connectivity index (χ0n) is 16.5. The molecule has 31 heavy (non-hydrogen) atoms. The molecule has 1 aromatic heterocycles. The van der Waals surface area contributed by atoms with Crippen molar-refractivity contribution in [1.29, 1.82) is 0 Å². The number of hydrogen-bond donors (Lipinski definition) is 0. The lowest BCUT2D eigenvalue weighted by Gasteiger charge is -2.19. The Morgan fingerprint density at radius 1 is 1.10 bits per heavy atom. The summed E-state index contributed by atoms with van der Waals surface area (Å²) >= 11 is 0. The van der Waals surface area contributed by atoms with Crippen molar-refractivity contribution in [2.45, 2.75) is 19.8 Å². The van der Waals surface area contributed by atoms with Crippen molar-refractivity contribution in [2.24, 2.45) is 0 Å². The number of carbonyl (C=O) groups is 1. The van der Waals surface area contributed by atoms with Gasteiger partial charge in [-0.1, -0.05) is 12.1 Å². The number of nitrogens with zero attached hydrogens (tertiary/aromatic N) is 3. The summed E-state index contributed by atoms with van der Waals surface area (Å²) in [7, 11) is 0. The predicted octanol–water partition coefficient (Wildman–Crippen LogP) is 4.39.